The summed E-state index contributed by atoms with van der Waals surface area (Å²) in [6.07, 6.45) is 3.05. The number of carbonyl (C=O) groups is 2. The van der Waals surface area contributed by atoms with Gasteiger partial charge in [-0.1, -0.05) is 6.07 Å². The van der Waals surface area contributed by atoms with Crippen LogP contribution in [-0.4, -0.2) is 45.3 Å². The Bertz CT molecular complexity index is 725. The van der Waals surface area contributed by atoms with Crippen LogP contribution in [0.1, 0.15) is 18.4 Å². The van der Waals surface area contributed by atoms with Gasteiger partial charge in [-0.25, -0.2) is 4.79 Å². The summed E-state index contributed by atoms with van der Waals surface area (Å²) in [5, 5.41) is 19.8. The van der Waals surface area contributed by atoms with Crippen molar-refractivity contribution in [2.24, 2.45) is 5.92 Å². The Morgan fingerprint density at radius 1 is 1.45 bits per heavy atom. The fourth-order valence-corrected chi connectivity index (χ4v) is 2.83. The van der Waals surface area contributed by atoms with Gasteiger partial charge in [0.2, 0.25) is 0 Å². The highest BCUT2D eigenvalue weighted by Crippen LogP contribution is 2.25. The number of fused-ring (bicyclic) bond motifs is 1. The number of carboxylic acids is 1. The van der Waals surface area contributed by atoms with Crippen molar-refractivity contribution in [3.63, 3.8) is 0 Å². The smallest absolute Gasteiger partial charge is 0.321 e. The van der Waals surface area contributed by atoms with Gasteiger partial charge in [-0.05, 0) is 31.4 Å². The molecule has 116 valence electrons. The molecule has 1 fully saturated rings. The van der Waals surface area contributed by atoms with Gasteiger partial charge < -0.3 is 15.3 Å². The van der Waals surface area contributed by atoms with Crippen LogP contribution in [-0.2, 0) is 4.79 Å². The number of piperidine rings is 1. The highest BCUT2D eigenvalue weighted by molar-refractivity contribution is 6.00. The third-order valence-corrected chi connectivity index (χ3v) is 4.13. The molecule has 1 aliphatic heterocycles. The van der Waals surface area contributed by atoms with Crippen molar-refractivity contribution >= 4 is 28.6 Å². The Labute approximate surface area is 127 Å². The molecule has 1 atom stereocenters. The second-order valence-corrected chi connectivity index (χ2v) is 5.64. The molecule has 2 heterocycles. The SMILES string of the molecule is Cc1ccc(NC(=O)N2CCCC(C(=O)O)C2)c2[nH]ncc12. The molecule has 1 aromatic heterocycles. The number of anilines is 1. The number of nitrogens with zero attached hydrogens (tertiary/aromatic N) is 2. The van der Waals surface area contributed by atoms with Crippen molar-refractivity contribution < 1.29 is 14.7 Å². The van der Waals surface area contributed by atoms with E-state index in [0.717, 1.165) is 16.5 Å². The molecule has 3 N–H and O–H groups in total. The predicted octanol–water partition coefficient (Wildman–Crippen LogP) is 2.20. The summed E-state index contributed by atoms with van der Waals surface area (Å²) < 4.78 is 0. The van der Waals surface area contributed by atoms with Gasteiger partial charge >= 0.3 is 12.0 Å². The number of H-pyrrole nitrogens is 1. The van der Waals surface area contributed by atoms with Gasteiger partial charge in [0.25, 0.3) is 0 Å². The lowest BCUT2D eigenvalue weighted by Crippen LogP contribution is -2.44. The minimum atomic E-state index is -0.844. The van der Waals surface area contributed by atoms with Crippen LogP contribution < -0.4 is 5.32 Å². The van der Waals surface area contributed by atoms with Crippen LogP contribution in [0.2, 0.25) is 0 Å². The van der Waals surface area contributed by atoms with Crippen LogP contribution in [0.25, 0.3) is 10.9 Å². The fourth-order valence-electron chi connectivity index (χ4n) is 2.83. The number of rotatable bonds is 2. The third-order valence-electron chi connectivity index (χ3n) is 4.13. The third kappa shape index (κ3) is 2.61. The normalized spacial score (nSPS) is 18.4. The molecule has 1 aromatic carbocycles. The number of carbonyl (C=O) groups excluding carboxylic acids is 1. The molecule has 0 spiro atoms. The van der Waals surface area contributed by atoms with Gasteiger partial charge in [0.05, 0.1) is 23.3 Å². The monoisotopic (exact) mass is 302 g/mol. The molecule has 1 aliphatic rings. The maximum absolute atomic E-state index is 12.4. The van der Waals surface area contributed by atoms with E-state index in [1.165, 1.54) is 0 Å². The summed E-state index contributed by atoms with van der Waals surface area (Å²) in [5.41, 5.74) is 2.51. The van der Waals surface area contributed by atoms with Gasteiger partial charge in [0.15, 0.2) is 0 Å². The fraction of sp³-hybridized carbons (Fsp3) is 0.400. The number of likely N-dealkylation sites (tertiary alicyclic amines) is 1. The number of benzene rings is 1. The Hall–Kier alpha value is -2.57. The molecule has 1 unspecified atom stereocenters. The number of carboxylic acid groups (broad SMARTS) is 1. The largest absolute Gasteiger partial charge is 0.481 e. The Morgan fingerprint density at radius 3 is 3.05 bits per heavy atom. The first kappa shape index (κ1) is 14.4. The number of nitrogens with one attached hydrogen (secondary N) is 2. The number of aryl methyl sites for hydroxylation is 1. The van der Waals surface area contributed by atoms with Crippen molar-refractivity contribution in [3.8, 4) is 0 Å². The number of aliphatic carboxylic acids is 1. The van der Waals surface area contributed by atoms with E-state index in [0.29, 0.717) is 25.1 Å². The summed E-state index contributed by atoms with van der Waals surface area (Å²) in [6, 6.07) is 3.47. The average molecular weight is 302 g/mol. The van der Waals surface area contributed by atoms with Crippen LogP contribution in [0, 0.1) is 12.8 Å². The highest BCUT2D eigenvalue weighted by atomic mass is 16.4. The van der Waals surface area contributed by atoms with Crippen molar-refractivity contribution in [2.45, 2.75) is 19.8 Å². The molecule has 7 heteroatoms. The zero-order valence-electron chi connectivity index (χ0n) is 12.3. The zero-order valence-corrected chi connectivity index (χ0v) is 12.3. The lowest BCUT2D eigenvalue weighted by atomic mass is 9.99. The van der Waals surface area contributed by atoms with E-state index < -0.39 is 11.9 Å². The topological polar surface area (TPSA) is 98.3 Å². The van der Waals surface area contributed by atoms with Gasteiger partial charge in [0, 0.05) is 18.5 Å². The van der Waals surface area contributed by atoms with E-state index in [2.05, 4.69) is 15.5 Å². The molecular weight excluding hydrogens is 284 g/mol. The Kier molecular flexibility index (Phi) is 3.70. The van der Waals surface area contributed by atoms with Crippen molar-refractivity contribution in [1.29, 1.82) is 0 Å². The summed E-state index contributed by atoms with van der Waals surface area (Å²) in [4.78, 5) is 25.0. The molecule has 2 aromatic rings. The molecule has 7 nitrogen and oxygen atoms in total. The first-order valence-corrected chi connectivity index (χ1v) is 7.27. The molecule has 0 bridgehead atoms. The number of amides is 2. The number of hydrogen-bond donors (Lipinski definition) is 3. The molecule has 22 heavy (non-hydrogen) atoms. The van der Waals surface area contributed by atoms with Gasteiger partial charge in [-0.3, -0.25) is 9.89 Å². The van der Waals surface area contributed by atoms with Crippen LogP contribution in [0.5, 0.6) is 0 Å². The van der Waals surface area contributed by atoms with Crippen LogP contribution >= 0.6 is 0 Å². The number of aromatic nitrogens is 2. The quantitative estimate of drug-likeness (QED) is 0.792. The van der Waals surface area contributed by atoms with E-state index in [4.69, 9.17) is 5.11 Å². The standard InChI is InChI=1S/C15H18N4O3/c1-9-4-5-12(13-11(9)7-16-18-13)17-15(22)19-6-2-3-10(8-19)14(20)21/h4-5,7,10H,2-3,6,8H2,1H3,(H,16,18)(H,17,22)(H,20,21). The molecule has 0 aliphatic carbocycles. The van der Waals surface area contributed by atoms with Crippen LogP contribution in [0.3, 0.4) is 0 Å². The van der Waals surface area contributed by atoms with Crippen LogP contribution in [0.4, 0.5) is 10.5 Å². The number of hydrogen-bond acceptors (Lipinski definition) is 3. The molecule has 0 saturated carbocycles. The lowest BCUT2D eigenvalue weighted by molar-refractivity contribution is -0.143. The van der Waals surface area contributed by atoms with E-state index >= 15 is 0 Å². The Morgan fingerprint density at radius 2 is 2.27 bits per heavy atom. The van der Waals surface area contributed by atoms with E-state index in [-0.39, 0.29) is 12.6 Å². The summed E-state index contributed by atoms with van der Waals surface area (Å²) >= 11 is 0. The van der Waals surface area contributed by atoms with Gasteiger partial charge in [0.1, 0.15) is 0 Å². The zero-order chi connectivity index (χ0) is 15.7. The first-order valence-electron chi connectivity index (χ1n) is 7.27. The number of aromatic amines is 1. The minimum Gasteiger partial charge on any atom is -0.481 e. The lowest BCUT2D eigenvalue weighted by Gasteiger charge is -2.30. The van der Waals surface area contributed by atoms with E-state index in [9.17, 15) is 9.59 Å². The molecule has 1 saturated heterocycles. The van der Waals surface area contributed by atoms with Crippen LogP contribution in [0.15, 0.2) is 18.3 Å². The second-order valence-electron chi connectivity index (χ2n) is 5.64. The van der Waals surface area contributed by atoms with Gasteiger partial charge in [-0.2, -0.15) is 5.10 Å². The van der Waals surface area contributed by atoms with Crippen molar-refractivity contribution in [1.82, 2.24) is 15.1 Å². The molecule has 0 radical (unpaired) electrons. The minimum absolute atomic E-state index is 0.249. The second kappa shape index (κ2) is 5.67. The highest BCUT2D eigenvalue weighted by Gasteiger charge is 2.28. The van der Waals surface area contributed by atoms with E-state index in [1.54, 1.807) is 11.1 Å². The van der Waals surface area contributed by atoms with Gasteiger partial charge in [-0.15, -0.1) is 0 Å². The Balaban J connectivity index is 1.77. The molecule has 3 rings (SSSR count). The predicted molar refractivity (Wildman–Crippen MR) is 81.8 cm³/mol. The summed E-state index contributed by atoms with van der Waals surface area (Å²) in [7, 11) is 0. The molecule has 2 amide bonds. The molecular formula is C15H18N4O3. The summed E-state index contributed by atoms with van der Waals surface area (Å²) in [5.74, 6) is -1.33. The maximum atomic E-state index is 12.4. The summed E-state index contributed by atoms with van der Waals surface area (Å²) in [6.45, 7) is 2.80. The van der Waals surface area contributed by atoms with Crippen molar-refractivity contribution in [3.05, 3.63) is 23.9 Å². The average Bonchev–Trinajstić information content (AvgIpc) is 3.01. The maximum Gasteiger partial charge on any atom is 0.321 e. The number of urea groups is 1. The van der Waals surface area contributed by atoms with E-state index in [1.807, 2.05) is 19.1 Å². The first-order chi connectivity index (χ1) is 10.6. The van der Waals surface area contributed by atoms with Crippen molar-refractivity contribution in [2.75, 3.05) is 18.4 Å².